The maximum absolute atomic E-state index is 11.5. The number of ketones is 1. The van der Waals surface area contributed by atoms with Crippen molar-refractivity contribution in [1.82, 2.24) is 0 Å². The largest absolute Gasteiger partial charge is 0.299 e. The Morgan fingerprint density at radius 1 is 1.55 bits per heavy atom. The van der Waals surface area contributed by atoms with Gasteiger partial charge >= 0.3 is 0 Å². The second-order valence-electron chi connectivity index (χ2n) is 3.47. The van der Waals surface area contributed by atoms with E-state index < -0.39 is 0 Å². The van der Waals surface area contributed by atoms with Gasteiger partial charge in [0, 0.05) is 17.6 Å². The normalized spacial score (nSPS) is 25.5. The minimum atomic E-state index is 0.235. The van der Waals surface area contributed by atoms with Crippen LogP contribution in [-0.2, 0) is 4.79 Å². The van der Waals surface area contributed by atoms with Gasteiger partial charge in [0.1, 0.15) is 5.78 Å². The van der Waals surface area contributed by atoms with Gasteiger partial charge in [0.05, 0.1) is 0 Å². The fourth-order valence-corrected chi connectivity index (χ4v) is 2.59. The molecule has 0 spiro atoms. The Labute approximate surface area is 72.9 Å². The molecule has 0 saturated carbocycles. The molecule has 0 bridgehead atoms. The van der Waals surface area contributed by atoms with Crippen LogP contribution >= 0.6 is 11.8 Å². The smallest absolute Gasteiger partial charge is 0.139 e. The zero-order chi connectivity index (χ0) is 8.27. The highest BCUT2D eigenvalue weighted by atomic mass is 32.2. The second-order valence-corrected chi connectivity index (χ2v) is 4.62. The Bertz CT molecular complexity index is 136. The number of thioether (sulfide) groups is 1. The zero-order valence-corrected chi connectivity index (χ0v) is 8.12. The van der Waals surface area contributed by atoms with Gasteiger partial charge in [-0.05, 0) is 18.6 Å². The summed E-state index contributed by atoms with van der Waals surface area (Å²) < 4.78 is 0. The Kier molecular flexibility index (Phi) is 3.44. The molecule has 0 aromatic rings. The van der Waals surface area contributed by atoms with Gasteiger partial charge in [0.2, 0.25) is 0 Å². The Hall–Kier alpha value is 0.0200. The molecule has 0 aliphatic carbocycles. The molecule has 1 aliphatic rings. The van der Waals surface area contributed by atoms with Gasteiger partial charge in [-0.3, -0.25) is 4.79 Å². The van der Waals surface area contributed by atoms with Crippen molar-refractivity contribution in [1.29, 1.82) is 0 Å². The molecular weight excluding hydrogens is 156 g/mol. The number of carbonyl (C=O) groups excluding carboxylic acids is 1. The quantitative estimate of drug-likeness (QED) is 0.636. The maximum atomic E-state index is 11.5. The first-order chi connectivity index (χ1) is 5.22. The summed E-state index contributed by atoms with van der Waals surface area (Å²) in [6, 6.07) is 0. The molecule has 1 fully saturated rings. The standard InChI is InChI=1S/C9H16OS/c1-7(2)9(10)8-4-3-5-11-6-8/h7-8H,3-6H2,1-2H3. The first-order valence-electron chi connectivity index (χ1n) is 4.33. The molecule has 64 valence electrons. The van der Waals surface area contributed by atoms with Gasteiger partial charge in [0.25, 0.3) is 0 Å². The molecule has 1 aliphatic heterocycles. The Morgan fingerprint density at radius 2 is 2.27 bits per heavy atom. The average molecular weight is 172 g/mol. The minimum absolute atomic E-state index is 0.235. The Morgan fingerprint density at radius 3 is 2.73 bits per heavy atom. The van der Waals surface area contributed by atoms with E-state index in [0.717, 1.165) is 12.2 Å². The lowest BCUT2D eigenvalue weighted by Crippen LogP contribution is -2.24. The molecule has 1 nitrogen and oxygen atoms in total. The van der Waals surface area contributed by atoms with Crippen molar-refractivity contribution < 1.29 is 4.79 Å². The van der Waals surface area contributed by atoms with E-state index in [1.807, 2.05) is 25.6 Å². The van der Waals surface area contributed by atoms with E-state index in [9.17, 15) is 4.79 Å². The summed E-state index contributed by atoms with van der Waals surface area (Å²) in [7, 11) is 0. The molecule has 0 amide bonds. The van der Waals surface area contributed by atoms with E-state index in [4.69, 9.17) is 0 Å². The van der Waals surface area contributed by atoms with Crippen LogP contribution < -0.4 is 0 Å². The summed E-state index contributed by atoms with van der Waals surface area (Å²) in [6.07, 6.45) is 2.36. The number of Topliss-reactive ketones (excluding diaryl/α,β-unsaturated/α-hetero) is 1. The van der Waals surface area contributed by atoms with Crippen molar-refractivity contribution >= 4 is 17.5 Å². The van der Waals surface area contributed by atoms with Crippen LogP contribution in [0.3, 0.4) is 0 Å². The van der Waals surface area contributed by atoms with Crippen molar-refractivity contribution in [3.8, 4) is 0 Å². The van der Waals surface area contributed by atoms with E-state index >= 15 is 0 Å². The number of rotatable bonds is 2. The third-order valence-electron chi connectivity index (χ3n) is 2.13. The number of carbonyl (C=O) groups is 1. The molecule has 1 atom stereocenters. The summed E-state index contributed by atoms with van der Waals surface area (Å²) >= 11 is 1.93. The highest BCUT2D eigenvalue weighted by Gasteiger charge is 2.22. The van der Waals surface area contributed by atoms with Crippen molar-refractivity contribution in [3.05, 3.63) is 0 Å². The first-order valence-corrected chi connectivity index (χ1v) is 5.48. The monoisotopic (exact) mass is 172 g/mol. The highest BCUT2D eigenvalue weighted by molar-refractivity contribution is 7.99. The van der Waals surface area contributed by atoms with Gasteiger partial charge in [-0.2, -0.15) is 11.8 Å². The molecule has 11 heavy (non-hydrogen) atoms. The predicted molar refractivity (Wildman–Crippen MR) is 49.9 cm³/mol. The SMILES string of the molecule is CC(C)C(=O)C1CCCSC1. The molecular formula is C9H16OS. The molecule has 0 radical (unpaired) electrons. The van der Waals surface area contributed by atoms with E-state index in [1.54, 1.807) is 0 Å². The molecule has 1 rings (SSSR count). The molecule has 0 aromatic carbocycles. The topological polar surface area (TPSA) is 17.1 Å². The third kappa shape index (κ3) is 2.51. The highest BCUT2D eigenvalue weighted by Crippen LogP contribution is 2.25. The molecule has 0 N–H and O–H groups in total. The van der Waals surface area contributed by atoms with E-state index in [2.05, 4.69) is 0 Å². The van der Waals surface area contributed by atoms with Crippen LogP contribution in [-0.4, -0.2) is 17.3 Å². The summed E-state index contributed by atoms with van der Waals surface area (Å²) in [5.74, 6) is 3.39. The van der Waals surface area contributed by atoms with Crippen LogP contribution in [0.25, 0.3) is 0 Å². The third-order valence-corrected chi connectivity index (χ3v) is 3.35. The maximum Gasteiger partial charge on any atom is 0.139 e. The molecule has 0 aromatic heterocycles. The fourth-order valence-electron chi connectivity index (χ4n) is 1.44. The van der Waals surface area contributed by atoms with Gasteiger partial charge in [-0.1, -0.05) is 13.8 Å². The number of hydrogen-bond donors (Lipinski definition) is 0. The summed E-state index contributed by atoms with van der Waals surface area (Å²) in [6.45, 7) is 4.00. The summed E-state index contributed by atoms with van der Waals surface area (Å²) in [5.41, 5.74) is 0. The van der Waals surface area contributed by atoms with Crippen molar-refractivity contribution in [2.24, 2.45) is 11.8 Å². The van der Waals surface area contributed by atoms with Crippen molar-refractivity contribution in [2.75, 3.05) is 11.5 Å². The summed E-state index contributed by atoms with van der Waals surface area (Å²) in [5, 5.41) is 0. The first kappa shape index (κ1) is 9.11. The van der Waals surface area contributed by atoms with Crippen LogP contribution in [0.1, 0.15) is 26.7 Å². The van der Waals surface area contributed by atoms with E-state index in [-0.39, 0.29) is 5.92 Å². The lowest BCUT2D eigenvalue weighted by molar-refractivity contribution is -0.125. The van der Waals surface area contributed by atoms with Crippen LogP contribution in [0.2, 0.25) is 0 Å². The Balaban J connectivity index is 2.39. The van der Waals surface area contributed by atoms with Gasteiger partial charge in [-0.15, -0.1) is 0 Å². The van der Waals surface area contributed by atoms with Crippen molar-refractivity contribution in [2.45, 2.75) is 26.7 Å². The van der Waals surface area contributed by atoms with Crippen LogP contribution in [0, 0.1) is 11.8 Å². The molecule has 1 heterocycles. The average Bonchev–Trinajstić information content (AvgIpc) is 2.05. The lowest BCUT2D eigenvalue weighted by atomic mass is 9.93. The predicted octanol–water partition coefficient (Wildman–Crippen LogP) is 2.35. The van der Waals surface area contributed by atoms with Crippen LogP contribution in [0.5, 0.6) is 0 Å². The number of hydrogen-bond acceptors (Lipinski definition) is 2. The molecule has 1 saturated heterocycles. The van der Waals surface area contributed by atoms with Crippen LogP contribution in [0.4, 0.5) is 0 Å². The second kappa shape index (κ2) is 4.15. The van der Waals surface area contributed by atoms with Gasteiger partial charge in [-0.25, -0.2) is 0 Å². The molecule has 1 unspecified atom stereocenters. The lowest BCUT2D eigenvalue weighted by Gasteiger charge is -2.21. The van der Waals surface area contributed by atoms with E-state index in [1.165, 1.54) is 12.2 Å². The zero-order valence-electron chi connectivity index (χ0n) is 7.30. The minimum Gasteiger partial charge on any atom is -0.299 e. The van der Waals surface area contributed by atoms with Crippen LogP contribution in [0.15, 0.2) is 0 Å². The summed E-state index contributed by atoms with van der Waals surface area (Å²) in [4.78, 5) is 11.5. The fraction of sp³-hybridized carbons (Fsp3) is 0.889. The molecule has 2 heteroatoms. The van der Waals surface area contributed by atoms with Gasteiger partial charge < -0.3 is 0 Å². The van der Waals surface area contributed by atoms with Gasteiger partial charge in [0.15, 0.2) is 0 Å². The van der Waals surface area contributed by atoms with Crippen molar-refractivity contribution in [3.63, 3.8) is 0 Å². The van der Waals surface area contributed by atoms with E-state index in [0.29, 0.717) is 11.7 Å².